The van der Waals surface area contributed by atoms with Crippen molar-refractivity contribution in [2.75, 3.05) is 19.0 Å². The summed E-state index contributed by atoms with van der Waals surface area (Å²) in [5, 5.41) is 2.81. The smallest absolute Gasteiger partial charge is 0.258 e. The lowest BCUT2D eigenvalue weighted by Crippen LogP contribution is -2.84. The lowest BCUT2D eigenvalue weighted by molar-refractivity contribution is -0.139. The van der Waals surface area contributed by atoms with E-state index in [1.165, 1.54) is 30.3 Å². The van der Waals surface area contributed by atoms with Gasteiger partial charge in [0.1, 0.15) is 18.2 Å². The molecule has 0 saturated heterocycles. The van der Waals surface area contributed by atoms with Crippen LogP contribution in [-0.2, 0) is 14.8 Å². The van der Waals surface area contributed by atoms with Crippen LogP contribution in [0.25, 0.3) is 0 Å². The van der Waals surface area contributed by atoms with Crippen LogP contribution in [0.3, 0.4) is 0 Å². The van der Waals surface area contributed by atoms with Crippen LogP contribution in [0.2, 0.25) is 5.02 Å². The number of carbonyl (C=O) groups is 1. The van der Waals surface area contributed by atoms with Gasteiger partial charge in [0, 0.05) is 17.1 Å². The van der Waals surface area contributed by atoms with Crippen LogP contribution < -0.4 is 19.5 Å². The number of rotatable bonds is 10. The summed E-state index contributed by atoms with van der Waals surface area (Å²) in [7, 11) is -3.64. The van der Waals surface area contributed by atoms with Gasteiger partial charge in [0.15, 0.2) is 18.2 Å². The van der Waals surface area contributed by atoms with E-state index in [0.29, 0.717) is 19.3 Å². The van der Waals surface area contributed by atoms with E-state index in [1.807, 2.05) is 0 Å². The van der Waals surface area contributed by atoms with Crippen LogP contribution in [0.15, 0.2) is 42.5 Å². The van der Waals surface area contributed by atoms with Gasteiger partial charge in [-0.3, -0.25) is 4.79 Å². The number of amides is 1. The Hall–Kier alpha value is -2.43. The van der Waals surface area contributed by atoms with Gasteiger partial charge in [0.2, 0.25) is 10.0 Å². The third kappa shape index (κ3) is 4.97. The Morgan fingerprint density at radius 2 is 1.75 bits per heavy atom. The molecule has 0 unspecified atom stereocenters. The molecule has 2 aromatic carbocycles. The molecule has 0 radical (unpaired) electrons. The maximum absolute atomic E-state index is 13.5. The fourth-order valence-corrected chi connectivity index (χ4v) is 5.68. The van der Waals surface area contributed by atoms with Gasteiger partial charge in [0.05, 0.1) is 10.8 Å². The number of carbonyl (C=O) groups excluding carboxylic acids is 1. The predicted molar refractivity (Wildman–Crippen MR) is 113 cm³/mol. The highest BCUT2D eigenvalue weighted by molar-refractivity contribution is 7.89. The zero-order chi connectivity index (χ0) is 23.0. The van der Waals surface area contributed by atoms with Gasteiger partial charge in [-0.05, 0) is 43.5 Å². The zero-order valence-corrected chi connectivity index (χ0v) is 18.4. The number of para-hydroxylation sites is 1. The van der Waals surface area contributed by atoms with Crippen LogP contribution in [0.5, 0.6) is 11.5 Å². The lowest BCUT2D eigenvalue weighted by Gasteiger charge is -2.70. The summed E-state index contributed by atoms with van der Waals surface area (Å²) in [6.45, 7) is -0.480. The molecule has 32 heavy (non-hydrogen) atoms. The van der Waals surface area contributed by atoms with E-state index < -0.39 is 32.7 Å². The van der Waals surface area contributed by atoms with E-state index in [-0.39, 0.29) is 41.4 Å². The number of benzene rings is 2. The summed E-state index contributed by atoms with van der Waals surface area (Å²) in [4.78, 5) is 12.2. The van der Waals surface area contributed by atoms with E-state index in [4.69, 9.17) is 21.1 Å². The van der Waals surface area contributed by atoms with Crippen molar-refractivity contribution >= 4 is 27.5 Å². The van der Waals surface area contributed by atoms with Gasteiger partial charge < -0.3 is 14.8 Å². The number of sulfonamides is 1. The second-order valence-electron chi connectivity index (χ2n) is 8.20. The van der Waals surface area contributed by atoms with Crippen molar-refractivity contribution in [2.24, 2.45) is 0 Å². The van der Waals surface area contributed by atoms with Crippen molar-refractivity contribution < 1.29 is 31.5 Å². The van der Waals surface area contributed by atoms with Crippen LogP contribution >= 0.6 is 11.6 Å². The lowest BCUT2D eigenvalue weighted by atomic mass is 9.44. The van der Waals surface area contributed by atoms with Crippen LogP contribution in [0, 0.1) is 11.6 Å². The first-order valence-corrected chi connectivity index (χ1v) is 11.9. The minimum absolute atomic E-state index is 0.00145. The first-order chi connectivity index (χ1) is 15.1. The molecule has 1 amide bonds. The van der Waals surface area contributed by atoms with E-state index in [2.05, 4.69) is 10.0 Å². The van der Waals surface area contributed by atoms with E-state index in [0.717, 1.165) is 6.07 Å². The topological polar surface area (TPSA) is 93.7 Å². The molecule has 3 fully saturated rings. The average molecular weight is 487 g/mol. The Morgan fingerprint density at radius 3 is 2.44 bits per heavy atom. The number of hydrogen-bond donors (Lipinski definition) is 2. The monoisotopic (exact) mass is 486 g/mol. The van der Waals surface area contributed by atoms with Gasteiger partial charge in [-0.1, -0.05) is 23.7 Å². The number of ether oxygens (including phenoxy) is 2. The fraction of sp³-hybridized carbons (Fsp3) is 0.381. The van der Waals surface area contributed by atoms with Crippen LogP contribution in [0.4, 0.5) is 8.78 Å². The van der Waals surface area contributed by atoms with Crippen molar-refractivity contribution in [3.63, 3.8) is 0 Å². The minimum Gasteiger partial charge on any atom is -0.489 e. The summed E-state index contributed by atoms with van der Waals surface area (Å²) in [5.74, 6) is -1.71. The van der Waals surface area contributed by atoms with Crippen molar-refractivity contribution in [3.8, 4) is 11.5 Å². The molecule has 5 rings (SSSR count). The quantitative estimate of drug-likeness (QED) is 0.538. The number of hydrogen-bond acceptors (Lipinski definition) is 5. The molecule has 172 valence electrons. The van der Waals surface area contributed by atoms with Crippen LogP contribution in [0.1, 0.15) is 19.3 Å². The summed E-state index contributed by atoms with van der Waals surface area (Å²) in [6.07, 6.45) is 1.40. The van der Waals surface area contributed by atoms with Gasteiger partial charge in [0.25, 0.3) is 5.91 Å². The molecule has 3 saturated carbocycles. The molecule has 0 atom stereocenters. The maximum atomic E-state index is 13.5. The molecule has 3 aliphatic rings. The Balaban J connectivity index is 1.19. The minimum atomic E-state index is -3.64. The first-order valence-electron chi connectivity index (χ1n) is 9.87. The molecule has 3 aliphatic carbocycles. The first kappa shape index (κ1) is 22.8. The van der Waals surface area contributed by atoms with Gasteiger partial charge >= 0.3 is 0 Å². The molecular weight excluding hydrogens is 466 g/mol. The van der Waals surface area contributed by atoms with E-state index in [9.17, 15) is 22.0 Å². The van der Waals surface area contributed by atoms with Gasteiger partial charge in [-0.25, -0.2) is 21.9 Å². The highest BCUT2D eigenvalue weighted by Crippen LogP contribution is 2.60. The Kier molecular flexibility index (Phi) is 6.04. The molecule has 2 bridgehead atoms. The highest BCUT2D eigenvalue weighted by atomic mass is 35.5. The summed E-state index contributed by atoms with van der Waals surface area (Å²) >= 11 is 5.60. The normalized spacial score (nSPS) is 23.6. The van der Waals surface area contributed by atoms with E-state index in [1.54, 1.807) is 6.07 Å². The molecule has 7 nitrogen and oxygen atoms in total. The molecule has 0 spiro atoms. The molecule has 2 aromatic rings. The molecule has 0 heterocycles. The highest BCUT2D eigenvalue weighted by Gasteiger charge is 2.69. The molecule has 0 aromatic heterocycles. The van der Waals surface area contributed by atoms with Crippen molar-refractivity contribution in [2.45, 2.75) is 30.3 Å². The van der Waals surface area contributed by atoms with Gasteiger partial charge in [-0.2, -0.15) is 0 Å². The summed E-state index contributed by atoms with van der Waals surface area (Å²) in [6, 6.07) is 9.66. The average Bonchev–Trinajstić information content (AvgIpc) is 2.67. The second-order valence-corrected chi connectivity index (χ2v) is 10.5. The number of nitrogens with one attached hydrogen (secondary N) is 2. The molecule has 11 heteroatoms. The molecule has 0 aliphatic heterocycles. The summed E-state index contributed by atoms with van der Waals surface area (Å²) in [5.41, 5.74) is -1.04. The molecular formula is C21H21ClF2N2O5S. The van der Waals surface area contributed by atoms with Crippen LogP contribution in [-0.4, -0.2) is 44.4 Å². The Morgan fingerprint density at radius 1 is 1.03 bits per heavy atom. The van der Waals surface area contributed by atoms with Crippen molar-refractivity contribution in [1.29, 1.82) is 0 Å². The second kappa shape index (κ2) is 8.49. The Bertz CT molecular complexity index is 1120. The maximum Gasteiger partial charge on any atom is 0.258 e. The Labute approximate surface area is 189 Å². The third-order valence-electron chi connectivity index (χ3n) is 5.51. The summed E-state index contributed by atoms with van der Waals surface area (Å²) < 4.78 is 64.8. The third-order valence-corrected chi connectivity index (χ3v) is 7.27. The SMILES string of the molecule is O=C(COc1ccc(Cl)c(F)c1)NC12CC(NS(=O)(=O)CCOc3ccccc3F)(C1)C2. The standard InChI is InChI=1S/C21H21ClF2N2O5S/c22-15-6-5-14(9-17(15)24)31-10-19(27)25-20-11-21(12-20,13-20)26-32(28,29)8-7-30-18-4-2-1-3-16(18)23/h1-6,9,26H,7-8,10-13H2,(H,25,27). The molecule has 2 N–H and O–H groups in total. The predicted octanol–water partition coefficient (Wildman–Crippen LogP) is 2.79. The van der Waals surface area contributed by atoms with Gasteiger partial charge in [-0.15, -0.1) is 0 Å². The van der Waals surface area contributed by atoms with Crippen molar-refractivity contribution in [1.82, 2.24) is 10.0 Å². The van der Waals surface area contributed by atoms with Crippen molar-refractivity contribution in [3.05, 3.63) is 59.1 Å². The van der Waals surface area contributed by atoms with E-state index >= 15 is 0 Å². The number of halogens is 3. The largest absolute Gasteiger partial charge is 0.489 e. The fourth-order valence-electron chi connectivity index (χ4n) is 4.28. The zero-order valence-electron chi connectivity index (χ0n) is 16.9.